The molecule has 0 spiro atoms. The summed E-state index contributed by atoms with van der Waals surface area (Å²) < 4.78 is 46.6. The minimum atomic E-state index is -1.71. The highest BCUT2D eigenvalue weighted by molar-refractivity contribution is 6.01. The Balaban J connectivity index is 1.41. The Morgan fingerprint density at radius 2 is 1.85 bits per heavy atom. The van der Waals surface area contributed by atoms with Crippen molar-refractivity contribution in [3.63, 3.8) is 0 Å². The molecule has 4 amide bonds. The molecule has 39 heavy (non-hydrogen) atoms. The summed E-state index contributed by atoms with van der Waals surface area (Å²) in [6.45, 7) is 4.09. The SMILES string of the molecule is COC(=O)C1=C(C)NC(=O)N(C(=O)NCCCN2CCC(c3ccccn3)CC2)C1c1cc(F)c(F)c(F)c1. The van der Waals surface area contributed by atoms with E-state index in [0.717, 1.165) is 38.7 Å². The standard InChI is InChI=1S/C27H30F3N5O4/c1-16-22(25(36)39-2)24(18-14-19(28)23(30)20(29)15-18)35(27(38)33-16)26(37)32-10-5-11-34-12-7-17(8-13-34)21-6-3-4-9-31-21/h3-4,6,9,14-15,17,24H,5,7-8,10-13H2,1-2H3,(H,32,37)(H,33,38). The summed E-state index contributed by atoms with van der Waals surface area (Å²) in [5.41, 5.74) is 0.621. The van der Waals surface area contributed by atoms with Gasteiger partial charge in [0.1, 0.15) is 6.04 Å². The third kappa shape index (κ3) is 6.22. The number of piperidine rings is 1. The zero-order valence-corrected chi connectivity index (χ0v) is 21.7. The molecule has 4 rings (SSSR count). The Kier molecular flexibility index (Phi) is 8.85. The smallest absolute Gasteiger partial charge is 0.337 e. The largest absolute Gasteiger partial charge is 0.466 e. The number of methoxy groups -OCH3 is 1. The molecule has 3 heterocycles. The molecule has 0 saturated carbocycles. The van der Waals surface area contributed by atoms with Gasteiger partial charge in [-0.05, 0) is 75.6 Å². The monoisotopic (exact) mass is 545 g/mol. The van der Waals surface area contributed by atoms with Crippen LogP contribution in [0.5, 0.6) is 0 Å². The van der Waals surface area contributed by atoms with Crippen molar-refractivity contribution in [2.24, 2.45) is 0 Å². The Bertz CT molecular complexity index is 1240. The second-order valence-corrected chi connectivity index (χ2v) is 9.49. The Labute approximate surface area is 224 Å². The first-order valence-corrected chi connectivity index (χ1v) is 12.7. The van der Waals surface area contributed by atoms with Gasteiger partial charge < -0.3 is 20.3 Å². The maximum Gasteiger partial charge on any atom is 0.337 e. The van der Waals surface area contributed by atoms with E-state index in [2.05, 4.69) is 20.5 Å². The van der Waals surface area contributed by atoms with Gasteiger partial charge in [0.05, 0.1) is 12.7 Å². The van der Waals surface area contributed by atoms with Gasteiger partial charge in [0.25, 0.3) is 0 Å². The van der Waals surface area contributed by atoms with Crippen LogP contribution in [0.2, 0.25) is 0 Å². The van der Waals surface area contributed by atoms with Crippen LogP contribution in [-0.2, 0) is 9.53 Å². The van der Waals surface area contributed by atoms with E-state index in [1.165, 1.54) is 6.92 Å². The molecule has 1 unspecified atom stereocenters. The number of esters is 1. The molecule has 2 aliphatic rings. The minimum absolute atomic E-state index is 0.0418. The summed E-state index contributed by atoms with van der Waals surface area (Å²) in [5, 5.41) is 5.05. The second-order valence-electron chi connectivity index (χ2n) is 9.49. The van der Waals surface area contributed by atoms with Gasteiger partial charge >= 0.3 is 18.0 Å². The molecule has 0 radical (unpaired) electrons. The van der Waals surface area contributed by atoms with E-state index in [0.29, 0.717) is 35.9 Å². The lowest BCUT2D eigenvalue weighted by Crippen LogP contribution is -2.54. The number of pyridine rings is 1. The number of nitrogens with one attached hydrogen (secondary N) is 2. The van der Waals surface area contributed by atoms with Crippen LogP contribution in [0.3, 0.4) is 0 Å². The van der Waals surface area contributed by atoms with Gasteiger partial charge in [-0.15, -0.1) is 0 Å². The van der Waals surface area contributed by atoms with Crippen molar-refractivity contribution < 1.29 is 32.3 Å². The maximum absolute atomic E-state index is 14.1. The van der Waals surface area contributed by atoms with Crippen molar-refractivity contribution >= 4 is 18.0 Å². The van der Waals surface area contributed by atoms with E-state index < -0.39 is 41.5 Å². The van der Waals surface area contributed by atoms with Crippen LogP contribution >= 0.6 is 0 Å². The first-order chi connectivity index (χ1) is 18.7. The Morgan fingerprint density at radius 1 is 1.15 bits per heavy atom. The molecule has 1 aromatic carbocycles. The predicted octanol–water partition coefficient (Wildman–Crippen LogP) is 3.99. The summed E-state index contributed by atoms with van der Waals surface area (Å²) >= 11 is 0. The van der Waals surface area contributed by atoms with Crippen LogP contribution in [0.25, 0.3) is 0 Å². The first-order valence-electron chi connectivity index (χ1n) is 12.7. The van der Waals surface area contributed by atoms with Crippen molar-refractivity contribution in [2.75, 3.05) is 33.3 Å². The Morgan fingerprint density at radius 3 is 2.46 bits per heavy atom. The number of amides is 4. The summed E-state index contributed by atoms with van der Waals surface area (Å²) in [7, 11) is 1.09. The van der Waals surface area contributed by atoms with E-state index >= 15 is 0 Å². The van der Waals surface area contributed by atoms with E-state index in [1.807, 2.05) is 18.2 Å². The van der Waals surface area contributed by atoms with Crippen LogP contribution in [0.1, 0.15) is 49.4 Å². The summed E-state index contributed by atoms with van der Waals surface area (Å²) in [6, 6.07) is 3.87. The van der Waals surface area contributed by atoms with Crippen LogP contribution in [-0.4, -0.2) is 66.1 Å². The quantitative estimate of drug-likeness (QED) is 0.310. The van der Waals surface area contributed by atoms with E-state index in [1.54, 1.807) is 6.20 Å². The van der Waals surface area contributed by atoms with Crippen molar-refractivity contribution in [2.45, 2.75) is 38.1 Å². The summed E-state index contributed by atoms with van der Waals surface area (Å²) in [6.07, 6.45) is 4.34. The number of hydrogen-bond acceptors (Lipinski definition) is 6. The fourth-order valence-corrected chi connectivity index (χ4v) is 5.03. The number of benzene rings is 1. The highest BCUT2D eigenvalue weighted by Gasteiger charge is 2.42. The van der Waals surface area contributed by atoms with Gasteiger partial charge in [0, 0.05) is 30.1 Å². The van der Waals surface area contributed by atoms with Gasteiger partial charge in [-0.3, -0.25) is 4.98 Å². The Hall–Kier alpha value is -3.93. The van der Waals surface area contributed by atoms with Gasteiger partial charge in [0.15, 0.2) is 17.5 Å². The van der Waals surface area contributed by atoms with Gasteiger partial charge in [-0.25, -0.2) is 32.5 Å². The number of hydrogen-bond donors (Lipinski definition) is 2. The lowest BCUT2D eigenvalue weighted by Gasteiger charge is -2.36. The number of carbonyl (C=O) groups is 3. The number of allylic oxidation sites excluding steroid dienone is 1. The molecule has 2 aliphatic heterocycles. The van der Waals surface area contributed by atoms with Gasteiger partial charge in [0.2, 0.25) is 0 Å². The van der Waals surface area contributed by atoms with Crippen LogP contribution in [0.4, 0.5) is 22.8 Å². The lowest BCUT2D eigenvalue weighted by atomic mass is 9.93. The zero-order valence-electron chi connectivity index (χ0n) is 21.7. The molecule has 1 aromatic heterocycles. The van der Waals surface area contributed by atoms with Crippen LogP contribution in [0, 0.1) is 17.5 Å². The number of aromatic nitrogens is 1. The van der Waals surface area contributed by atoms with E-state index in [-0.39, 0.29) is 23.4 Å². The molecule has 12 heteroatoms. The van der Waals surface area contributed by atoms with Crippen LogP contribution in [0.15, 0.2) is 47.8 Å². The van der Waals surface area contributed by atoms with Crippen molar-refractivity contribution in [1.82, 2.24) is 25.4 Å². The number of nitrogens with zero attached hydrogens (tertiary/aromatic N) is 3. The van der Waals surface area contributed by atoms with Crippen molar-refractivity contribution in [3.8, 4) is 0 Å². The average molecular weight is 546 g/mol. The number of urea groups is 2. The number of ether oxygens (including phenoxy) is 1. The number of imide groups is 1. The highest BCUT2D eigenvalue weighted by Crippen LogP contribution is 2.35. The van der Waals surface area contributed by atoms with Gasteiger partial charge in [-0.1, -0.05) is 6.07 Å². The normalized spacial score (nSPS) is 18.6. The van der Waals surface area contributed by atoms with Crippen molar-refractivity contribution in [1.29, 1.82) is 0 Å². The second kappa shape index (κ2) is 12.3. The fraction of sp³-hybridized carbons (Fsp3) is 0.407. The molecule has 2 N–H and O–H groups in total. The van der Waals surface area contributed by atoms with E-state index in [9.17, 15) is 27.6 Å². The molecule has 2 aromatic rings. The average Bonchev–Trinajstić information content (AvgIpc) is 2.93. The molecule has 1 saturated heterocycles. The topological polar surface area (TPSA) is 104 Å². The zero-order chi connectivity index (χ0) is 28.1. The summed E-state index contributed by atoms with van der Waals surface area (Å²) in [5.74, 6) is -5.26. The molecular formula is C27H30F3N5O4. The maximum atomic E-state index is 14.1. The van der Waals surface area contributed by atoms with Gasteiger partial charge in [-0.2, -0.15) is 0 Å². The molecule has 9 nitrogen and oxygen atoms in total. The molecule has 1 atom stereocenters. The summed E-state index contributed by atoms with van der Waals surface area (Å²) in [4.78, 5) is 45.9. The molecular weight excluding hydrogens is 515 g/mol. The van der Waals surface area contributed by atoms with E-state index in [4.69, 9.17) is 4.74 Å². The number of rotatable bonds is 7. The van der Waals surface area contributed by atoms with Crippen LogP contribution < -0.4 is 10.6 Å². The molecule has 0 bridgehead atoms. The fourth-order valence-electron chi connectivity index (χ4n) is 5.03. The first kappa shape index (κ1) is 28.1. The predicted molar refractivity (Wildman–Crippen MR) is 135 cm³/mol. The number of carbonyl (C=O) groups excluding carboxylic acids is 3. The third-order valence-electron chi connectivity index (χ3n) is 7.02. The number of likely N-dealkylation sites (tertiary alicyclic amines) is 1. The minimum Gasteiger partial charge on any atom is -0.466 e. The highest BCUT2D eigenvalue weighted by atomic mass is 19.2. The third-order valence-corrected chi connectivity index (χ3v) is 7.02. The van der Waals surface area contributed by atoms with Crippen molar-refractivity contribution in [3.05, 3.63) is 76.5 Å². The molecule has 1 fully saturated rings. The molecule has 0 aliphatic carbocycles. The lowest BCUT2D eigenvalue weighted by molar-refractivity contribution is -0.136. The molecule has 208 valence electrons. The number of halogens is 3.